The molecule has 1 aromatic carbocycles. The number of rotatable bonds is 4. The number of carbonyl (C=O) groups is 1. The van der Waals surface area contributed by atoms with Gasteiger partial charge >= 0.3 is 0 Å². The molecule has 1 heterocycles. The van der Waals surface area contributed by atoms with Gasteiger partial charge in [0.15, 0.2) is 0 Å². The molecule has 2 rings (SSSR count). The van der Waals surface area contributed by atoms with Gasteiger partial charge in [0.25, 0.3) is 5.91 Å². The van der Waals surface area contributed by atoms with Crippen LogP contribution in [0, 0.1) is 6.92 Å². The van der Waals surface area contributed by atoms with E-state index in [9.17, 15) is 9.90 Å². The van der Waals surface area contributed by atoms with Crippen molar-refractivity contribution in [1.29, 1.82) is 0 Å². The summed E-state index contributed by atoms with van der Waals surface area (Å²) >= 11 is 7.17. The molecule has 2 aromatic rings. The minimum absolute atomic E-state index is 0.152. The Morgan fingerprint density at radius 2 is 2.05 bits per heavy atom. The Morgan fingerprint density at radius 3 is 2.63 bits per heavy atom. The maximum Gasteiger partial charge on any atom is 0.261 e. The third kappa shape index (κ3) is 3.56. The minimum atomic E-state index is -0.735. The number of hydrogen-bond acceptors (Lipinski definition) is 3. The maximum absolute atomic E-state index is 11.9. The highest BCUT2D eigenvalue weighted by atomic mass is 35.5. The lowest BCUT2D eigenvalue weighted by molar-refractivity contribution is 0.0920. The van der Waals surface area contributed by atoms with E-state index in [1.807, 2.05) is 18.4 Å². The van der Waals surface area contributed by atoms with Gasteiger partial charge in [-0.1, -0.05) is 23.7 Å². The molecule has 0 aliphatic rings. The first-order valence-electron chi connectivity index (χ1n) is 5.83. The molecule has 0 aliphatic carbocycles. The molecule has 1 amide bonds. The van der Waals surface area contributed by atoms with Crippen molar-refractivity contribution < 1.29 is 9.90 Å². The highest BCUT2D eigenvalue weighted by Crippen LogP contribution is 2.17. The van der Waals surface area contributed by atoms with Gasteiger partial charge in [-0.3, -0.25) is 4.79 Å². The summed E-state index contributed by atoms with van der Waals surface area (Å²) in [4.78, 5) is 12.6. The molecule has 1 atom stereocenters. The Labute approximate surface area is 120 Å². The Hall–Kier alpha value is -1.36. The molecule has 0 radical (unpaired) electrons. The highest BCUT2D eigenvalue weighted by molar-refractivity contribution is 7.12. The van der Waals surface area contributed by atoms with Crippen molar-refractivity contribution in [2.24, 2.45) is 0 Å². The van der Waals surface area contributed by atoms with E-state index in [1.165, 1.54) is 11.3 Å². The molecule has 1 aromatic heterocycles. The lowest BCUT2D eigenvalue weighted by atomic mass is 10.1. The SMILES string of the molecule is Cc1ccsc1C(=O)NCC(O)c1ccc(Cl)cc1. The molecule has 0 aliphatic heterocycles. The Balaban J connectivity index is 1.94. The fourth-order valence-corrected chi connectivity index (χ4v) is 2.65. The van der Waals surface area contributed by atoms with Crippen molar-refractivity contribution in [2.45, 2.75) is 13.0 Å². The molecule has 3 nitrogen and oxygen atoms in total. The fraction of sp³-hybridized carbons (Fsp3) is 0.214. The smallest absolute Gasteiger partial charge is 0.261 e. The average Bonchev–Trinajstić information content (AvgIpc) is 2.83. The van der Waals surface area contributed by atoms with Gasteiger partial charge in [-0.2, -0.15) is 0 Å². The van der Waals surface area contributed by atoms with Crippen LogP contribution in [0.4, 0.5) is 0 Å². The predicted octanol–water partition coefficient (Wildman–Crippen LogP) is 3.17. The molecular formula is C14H14ClNO2S. The summed E-state index contributed by atoms with van der Waals surface area (Å²) in [6.45, 7) is 2.07. The third-order valence-corrected chi connectivity index (χ3v) is 4.05. The molecule has 5 heteroatoms. The number of thiophene rings is 1. The number of hydrogen-bond donors (Lipinski definition) is 2. The van der Waals surface area contributed by atoms with Crippen molar-refractivity contribution >= 4 is 28.8 Å². The summed E-state index contributed by atoms with van der Waals surface area (Å²) in [5.74, 6) is -0.152. The summed E-state index contributed by atoms with van der Waals surface area (Å²) < 4.78 is 0. The van der Waals surface area contributed by atoms with E-state index in [1.54, 1.807) is 24.3 Å². The first-order valence-corrected chi connectivity index (χ1v) is 7.09. The molecule has 2 N–H and O–H groups in total. The summed E-state index contributed by atoms with van der Waals surface area (Å²) in [5, 5.41) is 15.2. The van der Waals surface area contributed by atoms with E-state index in [2.05, 4.69) is 5.32 Å². The number of aliphatic hydroxyl groups excluding tert-OH is 1. The lowest BCUT2D eigenvalue weighted by Crippen LogP contribution is -2.28. The van der Waals surface area contributed by atoms with Crippen molar-refractivity contribution in [3.05, 3.63) is 56.7 Å². The summed E-state index contributed by atoms with van der Waals surface area (Å²) in [5.41, 5.74) is 1.68. The highest BCUT2D eigenvalue weighted by Gasteiger charge is 2.13. The molecule has 0 fully saturated rings. The number of carbonyl (C=O) groups excluding carboxylic acids is 1. The second-order valence-electron chi connectivity index (χ2n) is 4.21. The van der Waals surface area contributed by atoms with Gasteiger partial charge in [0.05, 0.1) is 11.0 Å². The van der Waals surface area contributed by atoms with Crippen LogP contribution >= 0.6 is 22.9 Å². The van der Waals surface area contributed by atoms with Crippen molar-refractivity contribution in [1.82, 2.24) is 5.32 Å². The van der Waals surface area contributed by atoms with E-state index in [-0.39, 0.29) is 12.5 Å². The number of halogens is 1. The number of aliphatic hydroxyl groups is 1. The van der Waals surface area contributed by atoms with Crippen LogP contribution in [0.2, 0.25) is 5.02 Å². The molecule has 0 saturated carbocycles. The van der Waals surface area contributed by atoms with E-state index < -0.39 is 6.10 Å². The van der Waals surface area contributed by atoms with Crippen LogP contribution in [-0.4, -0.2) is 17.6 Å². The average molecular weight is 296 g/mol. The van der Waals surface area contributed by atoms with E-state index in [4.69, 9.17) is 11.6 Å². The second kappa shape index (κ2) is 6.19. The van der Waals surface area contributed by atoms with Crippen LogP contribution in [-0.2, 0) is 0 Å². The summed E-state index contributed by atoms with van der Waals surface area (Å²) in [7, 11) is 0. The summed E-state index contributed by atoms with van der Waals surface area (Å²) in [6, 6.07) is 8.82. The zero-order valence-corrected chi connectivity index (χ0v) is 12.0. The van der Waals surface area contributed by atoms with Gasteiger partial charge in [0.2, 0.25) is 0 Å². The van der Waals surface area contributed by atoms with Gasteiger partial charge in [-0.15, -0.1) is 11.3 Å². The van der Waals surface area contributed by atoms with E-state index >= 15 is 0 Å². The van der Waals surface area contributed by atoms with Crippen LogP contribution in [0.3, 0.4) is 0 Å². The molecule has 0 spiro atoms. The normalized spacial score (nSPS) is 12.2. The summed E-state index contributed by atoms with van der Waals surface area (Å²) in [6.07, 6.45) is -0.735. The minimum Gasteiger partial charge on any atom is -0.387 e. The van der Waals surface area contributed by atoms with Crippen LogP contribution in [0.15, 0.2) is 35.7 Å². The topological polar surface area (TPSA) is 49.3 Å². The van der Waals surface area contributed by atoms with Crippen LogP contribution in [0.25, 0.3) is 0 Å². The molecule has 0 saturated heterocycles. The standard InChI is InChI=1S/C14H14ClNO2S/c1-9-6-7-19-13(9)14(18)16-8-12(17)10-2-4-11(15)5-3-10/h2-7,12,17H,8H2,1H3,(H,16,18). The zero-order valence-electron chi connectivity index (χ0n) is 10.4. The van der Waals surface area contributed by atoms with E-state index in [0.717, 1.165) is 11.1 Å². The molecule has 100 valence electrons. The Morgan fingerprint density at radius 1 is 1.37 bits per heavy atom. The molecule has 19 heavy (non-hydrogen) atoms. The Kier molecular flexibility index (Phi) is 4.58. The number of amides is 1. The van der Waals surface area contributed by atoms with Crippen molar-refractivity contribution in [3.63, 3.8) is 0 Å². The number of aryl methyl sites for hydroxylation is 1. The monoisotopic (exact) mass is 295 g/mol. The quantitative estimate of drug-likeness (QED) is 0.910. The van der Waals surface area contributed by atoms with Crippen LogP contribution in [0.5, 0.6) is 0 Å². The third-order valence-electron chi connectivity index (χ3n) is 2.78. The number of benzene rings is 1. The predicted molar refractivity (Wildman–Crippen MR) is 77.8 cm³/mol. The molecule has 1 unspecified atom stereocenters. The largest absolute Gasteiger partial charge is 0.387 e. The zero-order chi connectivity index (χ0) is 13.8. The first-order chi connectivity index (χ1) is 9.08. The van der Waals surface area contributed by atoms with Gasteiger partial charge < -0.3 is 10.4 Å². The second-order valence-corrected chi connectivity index (χ2v) is 5.56. The molecular weight excluding hydrogens is 282 g/mol. The Bertz CT molecular complexity index is 565. The van der Waals surface area contributed by atoms with Crippen LogP contribution < -0.4 is 5.32 Å². The van der Waals surface area contributed by atoms with Crippen LogP contribution in [0.1, 0.15) is 26.9 Å². The van der Waals surface area contributed by atoms with Gasteiger partial charge in [-0.25, -0.2) is 0 Å². The first kappa shape index (κ1) is 14.1. The van der Waals surface area contributed by atoms with Crippen molar-refractivity contribution in [2.75, 3.05) is 6.54 Å². The van der Waals surface area contributed by atoms with Gasteiger partial charge in [-0.05, 0) is 41.6 Å². The number of nitrogens with one attached hydrogen (secondary N) is 1. The lowest BCUT2D eigenvalue weighted by Gasteiger charge is -2.12. The van der Waals surface area contributed by atoms with Crippen molar-refractivity contribution in [3.8, 4) is 0 Å². The fourth-order valence-electron chi connectivity index (χ4n) is 1.68. The van der Waals surface area contributed by atoms with E-state index in [0.29, 0.717) is 9.90 Å². The van der Waals surface area contributed by atoms with Gasteiger partial charge in [0.1, 0.15) is 0 Å². The molecule has 0 bridgehead atoms. The maximum atomic E-state index is 11.9. The van der Waals surface area contributed by atoms with Gasteiger partial charge in [0, 0.05) is 11.6 Å².